The van der Waals surface area contributed by atoms with Crippen molar-refractivity contribution in [1.29, 1.82) is 0 Å². The van der Waals surface area contributed by atoms with Crippen LogP contribution in [0.15, 0.2) is 0 Å². The maximum Gasteiger partial charge on any atom is 0.414 e. The number of carboxylic acid groups (broad SMARTS) is 1. The van der Waals surface area contributed by atoms with Crippen molar-refractivity contribution in [2.75, 3.05) is 6.54 Å². The highest BCUT2D eigenvalue weighted by Gasteiger charge is 2.25. The highest BCUT2D eigenvalue weighted by Crippen LogP contribution is 2.08. The molecule has 0 aromatic rings. The lowest BCUT2D eigenvalue weighted by atomic mass is 10.4. The molecular weight excluding hydrogens is 146 g/mol. The summed E-state index contributed by atoms with van der Waals surface area (Å²) >= 11 is 0. The minimum atomic E-state index is -1.13. The topological polar surface area (TPSA) is 57.6 Å². The van der Waals surface area contributed by atoms with E-state index in [1.807, 2.05) is 0 Å². The molecule has 2 amide bonds. The average molecular weight is 153 g/mol. The van der Waals surface area contributed by atoms with Crippen molar-refractivity contribution in [3.05, 3.63) is 0 Å². The molecule has 52 valence electrons. The van der Waals surface area contributed by atoms with E-state index >= 15 is 0 Å². The molecule has 0 aromatic heterocycles. The zero-order chi connectivity index (χ0) is 6.85. The number of rotatable bonds is 0. The molecule has 1 N–H and O–H groups in total. The Kier molecular flexibility index (Phi) is 3.66. The lowest BCUT2D eigenvalue weighted by Crippen LogP contribution is -2.29. The number of likely N-dealkylation sites (tertiary alicyclic amines) is 1. The molecular formula is C5H7MgNO3. The van der Waals surface area contributed by atoms with Gasteiger partial charge in [0.05, 0.1) is 0 Å². The fraction of sp³-hybridized carbons (Fsp3) is 0.600. The molecule has 0 bridgehead atoms. The number of nitrogens with zero attached hydrogens (tertiary/aromatic N) is 1. The van der Waals surface area contributed by atoms with Gasteiger partial charge in [-0.2, -0.15) is 0 Å². The van der Waals surface area contributed by atoms with Crippen LogP contribution in [-0.2, 0) is 4.79 Å². The van der Waals surface area contributed by atoms with Crippen molar-refractivity contribution in [2.24, 2.45) is 0 Å². The molecule has 1 aliphatic rings. The SMILES string of the molecule is O=C(O)N1CCCC1=O.[Mg]. The van der Waals surface area contributed by atoms with E-state index < -0.39 is 6.09 Å². The Balaban J connectivity index is 0.000000810. The van der Waals surface area contributed by atoms with Crippen LogP contribution in [0, 0.1) is 0 Å². The lowest BCUT2D eigenvalue weighted by Gasteiger charge is -2.05. The predicted molar refractivity (Wildman–Crippen MR) is 34.7 cm³/mol. The van der Waals surface area contributed by atoms with Gasteiger partial charge in [0.15, 0.2) is 0 Å². The summed E-state index contributed by atoms with van der Waals surface area (Å²) in [5, 5.41) is 8.29. The third-order valence-corrected chi connectivity index (χ3v) is 1.30. The van der Waals surface area contributed by atoms with Gasteiger partial charge in [0.25, 0.3) is 0 Å². The molecule has 1 heterocycles. The molecule has 0 aromatic carbocycles. The average Bonchev–Trinajstić information content (AvgIpc) is 2.13. The number of hydrogen-bond acceptors (Lipinski definition) is 2. The molecule has 1 saturated heterocycles. The van der Waals surface area contributed by atoms with Crippen LogP contribution in [0.1, 0.15) is 12.8 Å². The van der Waals surface area contributed by atoms with Crippen LogP contribution in [0.2, 0.25) is 0 Å². The Hall–Kier alpha value is -0.294. The van der Waals surface area contributed by atoms with E-state index in [0.717, 1.165) is 4.90 Å². The second-order valence-corrected chi connectivity index (χ2v) is 1.93. The summed E-state index contributed by atoms with van der Waals surface area (Å²) < 4.78 is 0. The zero-order valence-electron chi connectivity index (χ0n) is 5.54. The van der Waals surface area contributed by atoms with Crippen LogP contribution in [0.25, 0.3) is 0 Å². The molecule has 2 radical (unpaired) electrons. The molecule has 0 spiro atoms. The Bertz CT molecular complexity index is 159. The van der Waals surface area contributed by atoms with Gasteiger partial charge in [0, 0.05) is 36.0 Å². The largest absolute Gasteiger partial charge is 0.465 e. The molecule has 0 saturated carbocycles. The zero-order valence-corrected chi connectivity index (χ0v) is 6.95. The molecule has 0 atom stereocenters. The van der Waals surface area contributed by atoms with Gasteiger partial charge in [-0.1, -0.05) is 0 Å². The minimum Gasteiger partial charge on any atom is -0.465 e. The standard InChI is InChI=1S/C5H7NO3.Mg/c7-4-2-1-3-6(4)5(8)9;/h1-3H2,(H,8,9);. The monoisotopic (exact) mass is 153 g/mol. The Labute approximate surface area is 74.3 Å². The Morgan fingerprint density at radius 1 is 1.60 bits per heavy atom. The molecule has 1 aliphatic heterocycles. The van der Waals surface area contributed by atoms with Gasteiger partial charge < -0.3 is 5.11 Å². The van der Waals surface area contributed by atoms with Crippen molar-refractivity contribution in [3.63, 3.8) is 0 Å². The van der Waals surface area contributed by atoms with E-state index in [9.17, 15) is 9.59 Å². The number of amides is 2. The van der Waals surface area contributed by atoms with Gasteiger partial charge >= 0.3 is 6.09 Å². The van der Waals surface area contributed by atoms with Crippen LogP contribution in [0.4, 0.5) is 4.79 Å². The summed E-state index contributed by atoms with van der Waals surface area (Å²) in [6, 6.07) is 0. The third-order valence-electron chi connectivity index (χ3n) is 1.30. The second kappa shape index (κ2) is 3.77. The normalized spacial score (nSPS) is 16.8. The summed E-state index contributed by atoms with van der Waals surface area (Å²) in [6.45, 7) is 0.369. The van der Waals surface area contributed by atoms with E-state index in [1.54, 1.807) is 0 Å². The fourth-order valence-corrected chi connectivity index (χ4v) is 0.850. The number of hydrogen-bond donors (Lipinski definition) is 1. The van der Waals surface area contributed by atoms with Gasteiger partial charge in [-0.15, -0.1) is 0 Å². The first-order valence-electron chi connectivity index (χ1n) is 2.75. The second-order valence-electron chi connectivity index (χ2n) is 1.93. The molecule has 1 fully saturated rings. The van der Waals surface area contributed by atoms with Crippen LogP contribution < -0.4 is 0 Å². The van der Waals surface area contributed by atoms with Crippen molar-refractivity contribution >= 4 is 35.1 Å². The van der Waals surface area contributed by atoms with Gasteiger partial charge in [-0.3, -0.25) is 4.79 Å². The predicted octanol–water partition coefficient (Wildman–Crippen LogP) is -0.0940. The van der Waals surface area contributed by atoms with E-state index in [-0.39, 0.29) is 29.0 Å². The minimum absolute atomic E-state index is 0. The summed E-state index contributed by atoms with van der Waals surface area (Å²) in [5.74, 6) is -0.275. The first kappa shape index (κ1) is 9.71. The van der Waals surface area contributed by atoms with Crippen molar-refractivity contribution < 1.29 is 14.7 Å². The fourth-order valence-electron chi connectivity index (χ4n) is 0.850. The third kappa shape index (κ3) is 1.84. The van der Waals surface area contributed by atoms with Gasteiger partial charge in [-0.25, -0.2) is 9.69 Å². The molecule has 4 nitrogen and oxygen atoms in total. The quantitative estimate of drug-likeness (QED) is 0.495. The van der Waals surface area contributed by atoms with Crippen LogP contribution in [0.3, 0.4) is 0 Å². The van der Waals surface area contributed by atoms with Crippen LogP contribution >= 0.6 is 0 Å². The van der Waals surface area contributed by atoms with Gasteiger partial charge in [0.2, 0.25) is 5.91 Å². The maximum absolute atomic E-state index is 10.6. The van der Waals surface area contributed by atoms with E-state index in [2.05, 4.69) is 0 Å². The van der Waals surface area contributed by atoms with Gasteiger partial charge in [-0.05, 0) is 6.42 Å². The van der Waals surface area contributed by atoms with Crippen molar-refractivity contribution in [2.45, 2.75) is 12.8 Å². The molecule has 0 aliphatic carbocycles. The van der Waals surface area contributed by atoms with E-state index in [1.165, 1.54) is 0 Å². The molecule has 5 heteroatoms. The first-order valence-corrected chi connectivity index (χ1v) is 2.75. The lowest BCUT2D eigenvalue weighted by molar-refractivity contribution is -0.125. The number of carbonyl (C=O) groups excluding carboxylic acids is 1. The van der Waals surface area contributed by atoms with Crippen LogP contribution in [0.5, 0.6) is 0 Å². The molecule has 10 heavy (non-hydrogen) atoms. The maximum atomic E-state index is 10.6. The van der Waals surface area contributed by atoms with Crippen molar-refractivity contribution in [1.82, 2.24) is 4.90 Å². The van der Waals surface area contributed by atoms with E-state index in [0.29, 0.717) is 19.4 Å². The van der Waals surface area contributed by atoms with Crippen molar-refractivity contribution in [3.8, 4) is 0 Å². The number of imide groups is 1. The summed E-state index contributed by atoms with van der Waals surface area (Å²) in [6.07, 6.45) is -0.0743. The highest BCUT2D eigenvalue weighted by atomic mass is 24.3. The summed E-state index contributed by atoms with van der Waals surface area (Å²) in [5.41, 5.74) is 0. The Morgan fingerprint density at radius 2 is 2.20 bits per heavy atom. The van der Waals surface area contributed by atoms with Gasteiger partial charge in [0.1, 0.15) is 0 Å². The first-order chi connectivity index (χ1) is 4.22. The molecule has 0 unspecified atom stereocenters. The molecule has 1 rings (SSSR count). The highest BCUT2D eigenvalue weighted by molar-refractivity contribution is 5.92. The number of carbonyl (C=O) groups is 2. The van der Waals surface area contributed by atoms with E-state index in [4.69, 9.17) is 5.11 Å². The Morgan fingerprint density at radius 3 is 2.40 bits per heavy atom. The smallest absolute Gasteiger partial charge is 0.414 e. The summed E-state index contributed by atoms with van der Waals surface area (Å²) in [7, 11) is 0. The van der Waals surface area contributed by atoms with Crippen LogP contribution in [-0.4, -0.2) is 51.6 Å². The summed E-state index contributed by atoms with van der Waals surface area (Å²) in [4.78, 5) is 21.5.